The van der Waals surface area contributed by atoms with Gasteiger partial charge in [-0.25, -0.2) is 0 Å². The third kappa shape index (κ3) is 7.05. The summed E-state index contributed by atoms with van der Waals surface area (Å²) >= 11 is 0. The number of aromatic nitrogens is 6. The minimum Gasteiger partial charge on any atom is -0.425 e. The van der Waals surface area contributed by atoms with Crippen LogP contribution in [-0.2, 0) is 17.1 Å². The maximum Gasteiger partial charge on any atom is 3.00 e. The van der Waals surface area contributed by atoms with E-state index in [4.69, 9.17) is 15.6 Å². The van der Waals surface area contributed by atoms with Gasteiger partial charge in [-0.1, -0.05) is 0 Å². The molecule has 28 heavy (non-hydrogen) atoms. The molecular formula is C15H18FeN6O6+3. The summed E-state index contributed by atoms with van der Waals surface area (Å²) in [5, 5.41) is 26.3. The van der Waals surface area contributed by atoms with Crippen molar-refractivity contribution in [3.05, 3.63) is 85.3 Å². The van der Waals surface area contributed by atoms with Gasteiger partial charge < -0.3 is 15.6 Å². The molecule has 0 atom stereocenters. The van der Waals surface area contributed by atoms with E-state index in [1.807, 2.05) is 0 Å². The summed E-state index contributed by atoms with van der Waals surface area (Å²) in [7, 11) is 0. The Hall–Kier alpha value is -3.44. The van der Waals surface area contributed by atoms with E-state index in [0.29, 0.717) is 31.3 Å². The van der Waals surface area contributed by atoms with E-state index in [9.17, 15) is 14.4 Å². The Labute approximate surface area is 168 Å². The van der Waals surface area contributed by atoms with E-state index in [0.717, 1.165) is 18.6 Å². The molecule has 149 valence electrons. The van der Waals surface area contributed by atoms with Crippen molar-refractivity contribution in [1.29, 1.82) is 0 Å². The Kier molecular flexibility index (Phi) is 9.92. The van der Waals surface area contributed by atoms with E-state index < -0.39 is 16.7 Å². The first-order valence-electron chi connectivity index (χ1n) is 7.34. The van der Waals surface area contributed by atoms with Gasteiger partial charge in [0.25, 0.3) is 0 Å². The van der Waals surface area contributed by atoms with Crippen LogP contribution in [0.1, 0.15) is 17.1 Å². The van der Waals surface area contributed by atoms with Crippen LogP contribution < -0.4 is 16.7 Å². The predicted molar refractivity (Wildman–Crippen MR) is 91.3 cm³/mol. The summed E-state index contributed by atoms with van der Waals surface area (Å²) in [5.41, 5.74) is -0.215. The molecule has 0 unspecified atom stereocenters. The van der Waals surface area contributed by atoms with Crippen LogP contribution in [0.3, 0.4) is 0 Å². The minimum absolute atomic E-state index is 0. The molecule has 0 aromatic carbocycles. The van der Waals surface area contributed by atoms with E-state index in [1.165, 1.54) is 18.6 Å². The van der Waals surface area contributed by atoms with Gasteiger partial charge in [0.1, 0.15) is 0 Å². The van der Waals surface area contributed by atoms with Crippen LogP contribution >= 0.6 is 0 Å². The van der Waals surface area contributed by atoms with Crippen molar-refractivity contribution in [3.8, 4) is 0 Å². The molecule has 0 aliphatic heterocycles. The number of rotatable bonds is 0. The largest absolute Gasteiger partial charge is 3.00 e. The van der Waals surface area contributed by atoms with Crippen LogP contribution in [0.25, 0.3) is 0 Å². The number of hydrogen-bond donors (Lipinski definition) is 3. The van der Waals surface area contributed by atoms with Crippen LogP contribution in [-0.4, -0.2) is 44.8 Å². The van der Waals surface area contributed by atoms with Crippen molar-refractivity contribution in [1.82, 2.24) is 29.1 Å². The van der Waals surface area contributed by atoms with Crippen LogP contribution in [0.4, 0.5) is 0 Å². The zero-order valence-corrected chi connectivity index (χ0v) is 16.2. The Balaban J connectivity index is 0.000000384. The first kappa shape index (κ1) is 24.6. The Morgan fingerprint density at radius 3 is 0.929 bits per heavy atom. The van der Waals surface area contributed by atoms with E-state index >= 15 is 0 Å². The standard InChI is InChI=1S/3C5H6N2O2.Fe/c3*1-4-2-6-3-5(8)7(4)9;/h3*2-3,9H,1H3;/q;;;+3. The Bertz CT molecular complexity index is 941. The SMILES string of the molecule is Cc1cncc(=O)n1O.Cc1cncc(=O)n1O.Cc1cncc(=O)n1O.[Fe+3]. The molecule has 3 N–H and O–H groups in total. The fourth-order valence-corrected chi connectivity index (χ4v) is 1.48. The van der Waals surface area contributed by atoms with Gasteiger partial charge in [0.15, 0.2) is 0 Å². The van der Waals surface area contributed by atoms with Gasteiger partial charge in [-0.05, 0) is 20.8 Å². The molecule has 0 amide bonds. The molecular weight excluding hydrogens is 416 g/mol. The molecule has 12 nitrogen and oxygen atoms in total. The molecule has 0 fully saturated rings. The van der Waals surface area contributed by atoms with Crippen molar-refractivity contribution in [3.63, 3.8) is 0 Å². The van der Waals surface area contributed by atoms with Crippen molar-refractivity contribution in [2.45, 2.75) is 20.8 Å². The molecule has 0 aliphatic carbocycles. The molecule has 0 spiro atoms. The quantitative estimate of drug-likeness (QED) is 0.308. The summed E-state index contributed by atoms with van der Waals surface area (Å²) in [6.07, 6.45) is 7.36. The number of nitrogens with zero attached hydrogens (tertiary/aromatic N) is 6. The molecule has 1 radical (unpaired) electrons. The predicted octanol–water partition coefficient (Wildman–Crippen LogP) is -0.635. The van der Waals surface area contributed by atoms with E-state index in [-0.39, 0.29) is 17.1 Å². The van der Waals surface area contributed by atoms with Crippen LogP contribution in [0.2, 0.25) is 0 Å². The number of hydrogen-bond acceptors (Lipinski definition) is 9. The minimum atomic E-state index is -0.505. The van der Waals surface area contributed by atoms with Gasteiger partial charge in [-0.15, -0.1) is 14.2 Å². The average Bonchev–Trinajstić information content (AvgIpc) is 2.63. The van der Waals surface area contributed by atoms with Crippen molar-refractivity contribution >= 4 is 0 Å². The van der Waals surface area contributed by atoms with Crippen molar-refractivity contribution in [2.24, 2.45) is 0 Å². The fraction of sp³-hybridized carbons (Fsp3) is 0.200. The average molecular weight is 434 g/mol. The normalized spacial score (nSPS) is 9.11. The first-order chi connectivity index (χ1) is 12.6. The smallest absolute Gasteiger partial charge is 0.425 e. The second-order valence-electron chi connectivity index (χ2n) is 5.10. The molecule has 3 heterocycles. The van der Waals surface area contributed by atoms with Gasteiger partial charge in [-0.3, -0.25) is 29.3 Å². The third-order valence-electron chi connectivity index (χ3n) is 2.97. The maximum absolute atomic E-state index is 10.5. The molecule has 3 aromatic heterocycles. The Morgan fingerprint density at radius 1 is 0.571 bits per heavy atom. The van der Waals surface area contributed by atoms with Gasteiger partial charge in [0, 0.05) is 18.6 Å². The molecule has 13 heteroatoms. The summed E-state index contributed by atoms with van der Waals surface area (Å²) in [6, 6.07) is 0. The number of aryl methyl sites for hydroxylation is 3. The van der Waals surface area contributed by atoms with Crippen LogP contribution in [0.5, 0.6) is 0 Å². The van der Waals surface area contributed by atoms with Gasteiger partial charge in [-0.2, -0.15) is 0 Å². The van der Waals surface area contributed by atoms with Crippen LogP contribution in [0.15, 0.2) is 51.6 Å². The fourth-order valence-electron chi connectivity index (χ4n) is 1.48. The molecule has 0 bridgehead atoms. The summed E-state index contributed by atoms with van der Waals surface area (Å²) in [5.74, 6) is 0. The van der Waals surface area contributed by atoms with Gasteiger partial charge in [0.05, 0.1) is 35.7 Å². The molecule has 0 aliphatic rings. The molecule has 3 rings (SSSR count). The topological polar surface area (TPSA) is 165 Å². The van der Waals surface area contributed by atoms with Crippen molar-refractivity contribution < 1.29 is 32.7 Å². The zero-order valence-electron chi connectivity index (χ0n) is 15.1. The van der Waals surface area contributed by atoms with E-state index in [2.05, 4.69) is 15.0 Å². The second kappa shape index (κ2) is 11.3. The second-order valence-corrected chi connectivity index (χ2v) is 5.10. The summed E-state index contributed by atoms with van der Waals surface area (Å²) < 4.78 is 1.65. The third-order valence-corrected chi connectivity index (χ3v) is 2.97. The molecule has 0 saturated heterocycles. The van der Waals surface area contributed by atoms with Gasteiger partial charge >= 0.3 is 33.7 Å². The summed E-state index contributed by atoms with van der Waals surface area (Å²) in [4.78, 5) is 42.1. The monoisotopic (exact) mass is 434 g/mol. The van der Waals surface area contributed by atoms with E-state index in [1.54, 1.807) is 20.8 Å². The zero-order chi connectivity index (χ0) is 20.6. The maximum atomic E-state index is 10.5. The Morgan fingerprint density at radius 2 is 0.786 bits per heavy atom. The molecule has 0 saturated carbocycles. The van der Waals surface area contributed by atoms with Crippen LogP contribution in [0, 0.1) is 20.8 Å². The molecule has 3 aromatic rings. The first-order valence-corrected chi connectivity index (χ1v) is 7.34. The van der Waals surface area contributed by atoms with Gasteiger partial charge in [0.2, 0.25) is 0 Å². The van der Waals surface area contributed by atoms with Crippen molar-refractivity contribution in [2.75, 3.05) is 0 Å². The summed E-state index contributed by atoms with van der Waals surface area (Å²) in [6.45, 7) is 4.77.